The first-order valence-electron chi connectivity index (χ1n) is 8.71. The Kier molecular flexibility index (Phi) is 5.66. The highest BCUT2D eigenvalue weighted by atomic mass is 16.5. The number of nitrogens with one attached hydrogen (secondary N) is 2. The molecule has 27 heavy (non-hydrogen) atoms. The zero-order chi connectivity index (χ0) is 19.2. The van der Waals surface area contributed by atoms with Crippen molar-refractivity contribution in [3.8, 4) is 17.1 Å². The molecule has 0 aliphatic carbocycles. The van der Waals surface area contributed by atoms with E-state index in [0.29, 0.717) is 17.3 Å². The molecule has 0 fully saturated rings. The number of ether oxygens (including phenoxy) is 1. The molecule has 0 bridgehead atoms. The maximum Gasteiger partial charge on any atom is 0.270 e. The van der Waals surface area contributed by atoms with Crippen molar-refractivity contribution >= 4 is 17.4 Å². The first-order chi connectivity index (χ1) is 13.0. The van der Waals surface area contributed by atoms with Crippen LogP contribution in [0.25, 0.3) is 11.4 Å². The quantitative estimate of drug-likeness (QED) is 0.692. The standard InChI is InChI=1S/C21H22N4O2/c1-14(2)22-21(26)18-13-19(23-16-10-7-11-17(12-16)27-3)25-20(24-18)15-8-5-4-6-9-15/h4-14H,1-3H3,(H,22,26)(H,23,24,25). The summed E-state index contributed by atoms with van der Waals surface area (Å²) in [5, 5.41) is 6.10. The monoisotopic (exact) mass is 362 g/mol. The van der Waals surface area contributed by atoms with Crippen LogP contribution in [0, 0.1) is 0 Å². The van der Waals surface area contributed by atoms with Crippen LogP contribution in [0.4, 0.5) is 11.5 Å². The average molecular weight is 362 g/mol. The summed E-state index contributed by atoms with van der Waals surface area (Å²) in [6.45, 7) is 3.82. The van der Waals surface area contributed by atoms with Crippen molar-refractivity contribution in [2.75, 3.05) is 12.4 Å². The number of methoxy groups -OCH3 is 1. The van der Waals surface area contributed by atoms with Crippen molar-refractivity contribution < 1.29 is 9.53 Å². The van der Waals surface area contributed by atoms with Crippen LogP contribution in [0.2, 0.25) is 0 Å². The SMILES string of the molecule is COc1cccc(Nc2cc(C(=O)NC(C)C)nc(-c3ccccc3)n2)c1. The molecule has 2 N–H and O–H groups in total. The molecular weight excluding hydrogens is 340 g/mol. The van der Waals surface area contributed by atoms with E-state index in [2.05, 4.69) is 20.6 Å². The van der Waals surface area contributed by atoms with Crippen LogP contribution in [-0.4, -0.2) is 29.0 Å². The molecule has 0 saturated heterocycles. The maximum atomic E-state index is 12.5. The van der Waals surface area contributed by atoms with Crippen molar-refractivity contribution in [2.24, 2.45) is 0 Å². The number of aromatic nitrogens is 2. The van der Waals surface area contributed by atoms with Crippen LogP contribution in [0.5, 0.6) is 5.75 Å². The predicted octanol–water partition coefficient (Wildman–Crippen LogP) is 4.03. The minimum absolute atomic E-state index is 0.0161. The zero-order valence-electron chi connectivity index (χ0n) is 15.6. The Morgan fingerprint density at radius 1 is 1.00 bits per heavy atom. The molecule has 0 unspecified atom stereocenters. The summed E-state index contributed by atoms with van der Waals surface area (Å²) in [6, 6.07) is 18.7. The zero-order valence-corrected chi connectivity index (χ0v) is 15.6. The molecule has 3 aromatic rings. The fourth-order valence-corrected chi connectivity index (χ4v) is 2.53. The number of carbonyl (C=O) groups excluding carboxylic acids is 1. The molecule has 0 aliphatic rings. The molecule has 1 aromatic heterocycles. The van der Waals surface area contributed by atoms with Gasteiger partial charge in [0.05, 0.1) is 7.11 Å². The van der Waals surface area contributed by atoms with Gasteiger partial charge in [-0.15, -0.1) is 0 Å². The van der Waals surface area contributed by atoms with Gasteiger partial charge in [-0.25, -0.2) is 9.97 Å². The van der Waals surface area contributed by atoms with Crippen molar-refractivity contribution in [2.45, 2.75) is 19.9 Å². The predicted molar refractivity (Wildman–Crippen MR) is 106 cm³/mol. The second-order valence-corrected chi connectivity index (χ2v) is 6.31. The smallest absolute Gasteiger partial charge is 0.270 e. The van der Waals surface area contributed by atoms with Crippen LogP contribution >= 0.6 is 0 Å². The number of anilines is 2. The van der Waals surface area contributed by atoms with Crippen LogP contribution in [0.1, 0.15) is 24.3 Å². The van der Waals surface area contributed by atoms with Gasteiger partial charge in [0.2, 0.25) is 0 Å². The van der Waals surface area contributed by atoms with Crippen molar-refractivity contribution in [3.63, 3.8) is 0 Å². The van der Waals surface area contributed by atoms with Gasteiger partial charge in [-0.1, -0.05) is 36.4 Å². The number of benzene rings is 2. The molecule has 0 radical (unpaired) electrons. The van der Waals surface area contributed by atoms with E-state index in [1.807, 2.05) is 68.4 Å². The van der Waals surface area contributed by atoms with Gasteiger partial charge in [-0.2, -0.15) is 0 Å². The number of hydrogen-bond acceptors (Lipinski definition) is 5. The number of carbonyl (C=O) groups is 1. The highest BCUT2D eigenvalue weighted by molar-refractivity contribution is 5.93. The van der Waals surface area contributed by atoms with Gasteiger partial charge in [0, 0.05) is 29.4 Å². The Morgan fingerprint density at radius 2 is 1.78 bits per heavy atom. The highest BCUT2D eigenvalue weighted by Crippen LogP contribution is 2.23. The van der Waals surface area contributed by atoms with E-state index in [1.165, 1.54) is 0 Å². The molecule has 6 heteroatoms. The van der Waals surface area contributed by atoms with Gasteiger partial charge in [0.25, 0.3) is 5.91 Å². The van der Waals surface area contributed by atoms with E-state index in [4.69, 9.17) is 4.74 Å². The third kappa shape index (κ3) is 4.82. The van der Waals surface area contributed by atoms with Crippen LogP contribution in [0.15, 0.2) is 60.7 Å². The Morgan fingerprint density at radius 3 is 2.48 bits per heavy atom. The van der Waals surface area contributed by atoms with E-state index in [-0.39, 0.29) is 11.9 Å². The Hall–Kier alpha value is -3.41. The third-order valence-electron chi connectivity index (χ3n) is 3.75. The van der Waals surface area contributed by atoms with Crippen molar-refractivity contribution in [3.05, 3.63) is 66.4 Å². The molecule has 6 nitrogen and oxygen atoms in total. The van der Waals surface area contributed by atoms with Crippen LogP contribution in [-0.2, 0) is 0 Å². The summed E-state index contributed by atoms with van der Waals surface area (Å²) in [4.78, 5) is 21.5. The topological polar surface area (TPSA) is 76.1 Å². The number of nitrogens with zero attached hydrogens (tertiary/aromatic N) is 2. The van der Waals surface area contributed by atoms with Crippen molar-refractivity contribution in [1.82, 2.24) is 15.3 Å². The molecule has 0 atom stereocenters. The largest absolute Gasteiger partial charge is 0.497 e. The lowest BCUT2D eigenvalue weighted by Crippen LogP contribution is -2.31. The summed E-state index contributed by atoms with van der Waals surface area (Å²) < 4.78 is 5.25. The third-order valence-corrected chi connectivity index (χ3v) is 3.75. The van der Waals surface area contributed by atoms with Gasteiger partial charge in [0.1, 0.15) is 17.3 Å². The number of rotatable bonds is 6. The lowest BCUT2D eigenvalue weighted by molar-refractivity contribution is 0.0938. The Balaban J connectivity index is 2.00. The van der Waals surface area contributed by atoms with Gasteiger partial charge < -0.3 is 15.4 Å². The Bertz CT molecular complexity index is 926. The molecule has 138 valence electrons. The summed E-state index contributed by atoms with van der Waals surface area (Å²) in [5.41, 5.74) is 1.95. The average Bonchev–Trinajstić information content (AvgIpc) is 2.68. The molecule has 3 rings (SSSR count). The minimum Gasteiger partial charge on any atom is -0.497 e. The summed E-state index contributed by atoms with van der Waals surface area (Å²) >= 11 is 0. The summed E-state index contributed by atoms with van der Waals surface area (Å²) in [6.07, 6.45) is 0. The maximum absolute atomic E-state index is 12.5. The number of hydrogen-bond donors (Lipinski definition) is 2. The van der Waals surface area contributed by atoms with E-state index >= 15 is 0 Å². The van der Waals surface area contributed by atoms with Crippen molar-refractivity contribution in [1.29, 1.82) is 0 Å². The first kappa shape index (κ1) is 18.4. The summed E-state index contributed by atoms with van der Waals surface area (Å²) in [5.74, 6) is 1.51. The lowest BCUT2D eigenvalue weighted by Gasteiger charge is -2.12. The van der Waals surface area contributed by atoms with E-state index in [0.717, 1.165) is 17.0 Å². The second-order valence-electron chi connectivity index (χ2n) is 6.31. The summed E-state index contributed by atoms with van der Waals surface area (Å²) in [7, 11) is 1.62. The van der Waals surface area contributed by atoms with Crippen LogP contribution in [0.3, 0.4) is 0 Å². The van der Waals surface area contributed by atoms with Crippen LogP contribution < -0.4 is 15.4 Å². The molecule has 0 aliphatic heterocycles. The fourth-order valence-electron chi connectivity index (χ4n) is 2.53. The molecule has 0 spiro atoms. The van der Waals surface area contributed by atoms with E-state index in [1.54, 1.807) is 13.2 Å². The van der Waals surface area contributed by atoms with Gasteiger partial charge in [-0.3, -0.25) is 4.79 Å². The van der Waals surface area contributed by atoms with E-state index < -0.39 is 0 Å². The number of amides is 1. The first-order valence-corrected chi connectivity index (χ1v) is 8.71. The van der Waals surface area contributed by atoms with E-state index in [9.17, 15) is 4.79 Å². The molecule has 1 heterocycles. The van der Waals surface area contributed by atoms with Gasteiger partial charge >= 0.3 is 0 Å². The molecular formula is C21H22N4O2. The molecule has 0 saturated carbocycles. The Labute approximate surface area is 158 Å². The fraction of sp³-hybridized carbons (Fsp3) is 0.190. The molecule has 2 aromatic carbocycles. The normalized spacial score (nSPS) is 10.5. The molecule has 1 amide bonds. The lowest BCUT2D eigenvalue weighted by atomic mass is 10.2. The van der Waals surface area contributed by atoms with Gasteiger partial charge in [-0.05, 0) is 26.0 Å². The van der Waals surface area contributed by atoms with Gasteiger partial charge in [0.15, 0.2) is 5.82 Å². The second kappa shape index (κ2) is 8.31. The highest BCUT2D eigenvalue weighted by Gasteiger charge is 2.14. The minimum atomic E-state index is -0.238.